The van der Waals surface area contributed by atoms with Crippen LogP contribution in [0.1, 0.15) is 89.2 Å². The number of unbranched alkanes of at least 4 members (excludes halogenated alkanes) is 8. The van der Waals surface area contributed by atoms with Gasteiger partial charge in [-0.1, -0.05) is 111 Å². The van der Waals surface area contributed by atoms with Crippen LogP contribution < -0.4 is 9.47 Å². The van der Waals surface area contributed by atoms with Gasteiger partial charge in [-0.3, -0.25) is 0 Å². The first-order valence-corrected chi connectivity index (χ1v) is 15.2. The second kappa shape index (κ2) is 16.0. The number of rotatable bonds is 16. The molecule has 3 rings (SSSR count). The predicted molar refractivity (Wildman–Crippen MR) is 153 cm³/mol. The van der Waals surface area contributed by atoms with Crippen molar-refractivity contribution in [3.05, 3.63) is 71.8 Å². The molecule has 0 spiro atoms. The summed E-state index contributed by atoms with van der Waals surface area (Å²) in [5, 5.41) is 0. The summed E-state index contributed by atoms with van der Waals surface area (Å²) < 4.78 is 11.8. The van der Waals surface area contributed by atoms with E-state index in [1.54, 1.807) is 0 Å². The van der Waals surface area contributed by atoms with E-state index in [-0.39, 0.29) is 0 Å². The van der Waals surface area contributed by atoms with Crippen LogP contribution in [-0.2, 0) is 0 Å². The summed E-state index contributed by atoms with van der Waals surface area (Å²) in [5.41, 5.74) is 2.48. The number of hydrogen-bond acceptors (Lipinski definition) is 4. The Kier molecular flexibility index (Phi) is 12.6. The van der Waals surface area contributed by atoms with Gasteiger partial charge in [0.1, 0.15) is 11.5 Å². The lowest BCUT2D eigenvalue weighted by molar-refractivity contribution is 0.304. The van der Waals surface area contributed by atoms with Crippen molar-refractivity contribution in [1.82, 2.24) is 0 Å². The molecule has 0 aromatic heterocycles. The van der Waals surface area contributed by atoms with Gasteiger partial charge in [-0.05, 0) is 60.4 Å². The summed E-state index contributed by atoms with van der Waals surface area (Å²) in [6.07, 6.45) is 17.1. The van der Waals surface area contributed by atoms with E-state index in [4.69, 9.17) is 9.47 Å². The van der Waals surface area contributed by atoms with Crippen LogP contribution in [0.4, 0.5) is 0 Å². The highest BCUT2D eigenvalue weighted by atomic mass is 33.1. The van der Waals surface area contributed by atoms with E-state index in [1.807, 2.05) is 21.6 Å². The fourth-order valence-corrected chi connectivity index (χ4v) is 6.15. The van der Waals surface area contributed by atoms with Gasteiger partial charge in [-0.15, -0.1) is 0 Å². The van der Waals surface area contributed by atoms with Crippen molar-refractivity contribution >= 4 is 31.4 Å². The molecule has 0 fully saturated rings. The molecule has 2 aromatic rings. The highest BCUT2D eigenvalue weighted by Gasteiger charge is 2.12. The molecule has 0 amide bonds. The van der Waals surface area contributed by atoms with Crippen LogP contribution in [0, 0.1) is 0 Å². The van der Waals surface area contributed by atoms with Gasteiger partial charge < -0.3 is 9.47 Å². The van der Waals surface area contributed by atoms with Gasteiger partial charge in [0, 0.05) is 9.81 Å². The second-order valence-electron chi connectivity index (χ2n) is 8.80. The summed E-state index contributed by atoms with van der Waals surface area (Å²) in [7, 11) is 3.64. The monoisotopic (exact) mass is 496 g/mol. The molecule has 0 bridgehead atoms. The van der Waals surface area contributed by atoms with Gasteiger partial charge >= 0.3 is 0 Å². The average Bonchev–Trinajstić information content (AvgIpc) is 2.89. The number of ether oxygens (including phenoxy) is 2. The number of allylic oxidation sites excluding steroid dienone is 2. The Balaban J connectivity index is 1.44. The average molecular weight is 497 g/mol. The molecule has 2 nitrogen and oxygen atoms in total. The summed E-state index contributed by atoms with van der Waals surface area (Å²) in [4.78, 5) is 2.56. The van der Waals surface area contributed by atoms with E-state index in [1.165, 1.54) is 72.3 Å². The molecule has 0 radical (unpaired) electrons. The van der Waals surface area contributed by atoms with E-state index in [0.29, 0.717) is 0 Å². The normalized spacial score (nSPS) is 13.4. The zero-order valence-electron chi connectivity index (χ0n) is 20.9. The third kappa shape index (κ3) is 9.46. The van der Waals surface area contributed by atoms with E-state index in [9.17, 15) is 0 Å². The molecule has 0 aliphatic carbocycles. The first-order chi connectivity index (χ1) is 16.8. The first kappa shape index (κ1) is 26.8. The molecular formula is C30H40O2S2. The highest BCUT2D eigenvalue weighted by molar-refractivity contribution is 8.83. The molecule has 0 unspecified atom stereocenters. The molecule has 0 N–H and O–H groups in total. The van der Waals surface area contributed by atoms with Gasteiger partial charge in [0.25, 0.3) is 0 Å². The number of benzene rings is 2. The third-order valence-electron chi connectivity index (χ3n) is 5.92. The van der Waals surface area contributed by atoms with Crippen molar-refractivity contribution in [2.24, 2.45) is 0 Å². The Labute approximate surface area is 215 Å². The van der Waals surface area contributed by atoms with Gasteiger partial charge in [-0.2, -0.15) is 0 Å². The molecule has 0 atom stereocenters. The maximum atomic E-state index is 5.91. The standard InChI is InChI=1S/C30H40O2S2/c1-3-5-7-9-11-23-31-27-17-13-25(14-18-27)29-21-22-30(34-33-29)26-15-19-28(20-16-26)32-24-12-10-8-6-4-2/h13-22H,3-12,23-24H2,1-2H3. The topological polar surface area (TPSA) is 18.5 Å². The summed E-state index contributed by atoms with van der Waals surface area (Å²) in [6, 6.07) is 17.0. The lowest BCUT2D eigenvalue weighted by Gasteiger charge is -2.15. The molecule has 0 saturated carbocycles. The quantitative estimate of drug-likeness (QED) is 0.170. The maximum absolute atomic E-state index is 5.91. The molecule has 1 heterocycles. The molecule has 0 saturated heterocycles. The van der Waals surface area contributed by atoms with Crippen molar-refractivity contribution < 1.29 is 9.47 Å². The van der Waals surface area contributed by atoms with E-state index in [0.717, 1.165) is 37.6 Å². The molecule has 2 aromatic carbocycles. The van der Waals surface area contributed by atoms with Crippen LogP contribution in [0.15, 0.2) is 60.7 Å². The fraction of sp³-hybridized carbons (Fsp3) is 0.467. The molecular weight excluding hydrogens is 456 g/mol. The summed E-state index contributed by atoms with van der Waals surface area (Å²) in [6.45, 7) is 6.12. The van der Waals surface area contributed by atoms with Gasteiger partial charge in [0.05, 0.1) is 13.2 Å². The minimum absolute atomic E-state index is 0.811. The molecule has 1 aliphatic heterocycles. The van der Waals surface area contributed by atoms with Crippen molar-refractivity contribution in [2.45, 2.75) is 78.1 Å². The van der Waals surface area contributed by atoms with Gasteiger partial charge in [-0.25, -0.2) is 0 Å². The van der Waals surface area contributed by atoms with Crippen molar-refractivity contribution in [3.8, 4) is 11.5 Å². The zero-order valence-corrected chi connectivity index (χ0v) is 22.5. The maximum Gasteiger partial charge on any atom is 0.119 e. The first-order valence-electron chi connectivity index (χ1n) is 13.0. The highest BCUT2D eigenvalue weighted by Crippen LogP contribution is 2.48. The van der Waals surface area contributed by atoms with Crippen LogP contribution in [-0.4, -0.2) is 13.2 Å². The van der Waals surface area contributed by atoms with Crippen molar-refractivity contribution in [1.29, 1.82) is 0 Å². The smallest absolute Gasteiger partial charge is 0.119 e. The van der Waals surface area contributed by atoms with E-state index >= 15 is 0 Å². The Bertz CT molecular complexity index is 810. The lowest BCUT2D eigenvalue weighted by Crippen LogP contribution is -1.97. The fourth-order valence-electron chi connectivity index (χ4n) is 3.81. The summed E-state index contributed by atoms with van der Waals surface area (Å²) in [5.74, 6) is 1.93. The Morgan fingerprint density at radius 2 is 0.882 bits per heavy atom. The van der Waals surface area contributed by atoms with Crippen molar-refractivity contribution in [2.75, 3.05) is 13.2 Å². The van der Waals surface area contributed by atoms with Crippen LogP contribution in [0.5, 0.6) is 11.5 Å². The Morgan fingerprint density at radius 1 is 0.500 bits per heavy atom. The van der Waals surface area contributed by atoms with Crippen LogP contribution in [0.2, 0.25) is 0 Å². The summed E-state index contributed by atoms with van der Waals surface area (Å²) >= 11 is 0. The SMILES string of the molecule is CCCCCCCOc1ccc(C2=CC=C(c3ccc(OCCCCCCC)cc3)SS2)cc1. The molecule has 184 valence electrons. The largest absolute Gasteiger partial charge is 0.494 e. The van der Waals surface area contributed by atoms with E-state index in [2.05, 4.69) is 74.5 Å². The van der Waals surface area contributed by atoms with Gasteiger partial charge in [0.15, 0.2) is 0 Å². The van der Waals surface area contributed by atoms with E-state index < -0.39 is 0 Å². The second-order valence-corrected chi connectivity index (χ2v) is 11.0. The minimum atomic E-state index is 0.811. The van der Waals surface area contributed by atoms with Crippen molar-refractivity contribution in [3.63, 3.8) is 0 Å². The number of hydrogen-bond donors (Lipinski definition) is 0. The molecule has 34 heavy (non-hydrogen) atoms. The van der Waals surface area contributed by atoms with Gasteiger partial charge in [0.2, 0.25) is 0 Å². The van der Waals surface area contributed by atoms with Crippen LogP contribution in [0.25, 0.3) is 9.81 Å². The third-order valence-corrected chi connectivity index (χ3v) is 8.43. The zero-order chi connectivity index (χ0) is 23.8. The molecule has 1 aliphatic rings. The Hall–Kier alpha value is -1.78. The Morgan fingerprint density at radius 3 is 1.24 bits per heavy atom. The predicted octanol–water partition coefficient (Wildman–Crippen LogP) is 10.2. The minimum Gasteiger partial charge on any atom is -0.494 e. The van der Waals surface area contributed by atoms with Crippen LogP contribution in [0.3, 0.4) is 0 Å². The lowest BCUT2D eigenvalue weighted by atomic mass is 10.1. The van der Waals surface area contributed by atoms with Crippen LogP contribution >= 0.6 is 21.6 Å². The molecule has 4 heteroatoms.